The van der Waals surface area contributed by atoms with Crippen molar-refractivity contribution in [2.24, 2.45) is 0 Å². The second-order valence-corrected chi connectivity index (χ2v) is 5.88. The monoisotopic (exact) mass is 316 g/mol. The molecule has 0 N–H and O–H groups in total. The van der Waals surface area contributed by atoms with Crippen LogP contribution in [0.4, 0.5) is 0 Å². The fourth-order valence-corrected chi connectivity index (χ4v) is 2.61. The van der Waals surface area contributed by atoms with Gasteiger partial charge in [-0.15, -0.1) is 11.6 Å². The van der Waals surface area contributed by atoms with Crippen LogP contribution in [-0.4, -0.2) is 13.1 Å². The van der Waals surface area contributed by atoms with Gasteiger partial charge in [-0.2, -0.15) is 0 Å². The summed E-state index contributed by atoms with van der Waals surface area (Å²) in [6.07, 6.45) is 2.13. The first kappa shape index (κ1) is 16.6. The Labute approximate surface area is 137 Å². The zero-order chi connectivity index (χ0) is 15.9. The maximum Gasteiger partial charge on any atom is 0.305 e. The molecule has 0 amide bonds. The summed E-state index contributed by atoms with van der Waals surface area (Å²) in [6, 6.07) is 16.6. The summed E-state index contributed by atoms with van der Waals surface area (Å²) in [6.45, 7) is 2.07. The summed E-state index contributed by atoms with van der Waals surface area (Å²) in [4.78, 5) is 11.1. The van der Waals surface area contributed by atoms with Crippen molar-refractivity contribution in [1.82, 2.24) is 0 Å². The number of aryl methyl sites for hydroxylation is 2. The van der Waals surface area contributed by atoms with Gasteiger partial charge in [-0.25, -0.2) is 0 Å². The molecule has 0 saturated heterocycles. The van der Waals surface area contributed by atoms with E-state index >= 15 is 0 Å². The summed E-state index contributed by atoms with van der Waals surface area (Å²) in [5.74, 6) is -0.156. The van der Waals surface area contributed by atoms with E-state index in [-0.39, 0.29) is 11.3 Å². The molecule has 0 fully saturated rings. The minimum absolute atomic E-state index is 0.135. The van der Waals surface area contributed by atoms with E-state index in [0.717, 1.165) is 24.0 Å². The van der Waals surface area contributed by atoms with E-state index in [1.807, 2.05) is 0 Å². The van der Waals surface area contributed by atoms with Gasteiger partial charge < -0.3 is 4.74 Å². The molecule has 2 rings (SSSR count). The molecule has 0 spiro atoms. The van der Waals surface area contributed by atoms with Crippen LogP contribution in [0.25, 0.3) is 0 Å². The molecule has 0 heterocycles. The van der Waals surface area contributed by atoms with Crippen molar-refractivity contribution in [3.05, 3.63) is 70.8 Å². The van der Waals surface area contributed by atoms with Gasteiger partial charge in [0.15, 0.2) is 0 Å². The molecule has 116 valence electrons. The Morgan fingerprint density at radius 3 is 2.14 bits per heavy atom. The summed E-state index contributed by atoms with van der Waals surface area (Å²) in [5.41, 5.74) is 4.63. The predicted molar refractivity (Wildman–Crippen MR) is 90.3 cm³/mol. The average Bonchev–Trinajstić information content (AvgIpc) is 2.55. The van der Waals surface area contributed by atoms with Crippen molar-refractivity contribution >= 4 is 17.6 Å². The molecule has 0 aromatic heterocycles. The second kappa shape index (κ2) is 8.00. The highest BCUT2D eigenvalue weighted by Gasteiger charge is 2.10. The SMILES string of the molecule is COC(=O)CCCc1ccc(C(Cl)c2ccc(C)cc2)cc1. The number of benzene rings is 2. The van der Waals surface area contributed by atoms with Crippen LogP contribution < -0.4 is 0 Å². The van der Waals surface area contributed by atoms with Gasteiger partial charge in [-0.05, 0) is 36.5 Å². The topological polar surface area (TPSA) is 26.3 Å². The number of hydrogen-bond acceptors (Lipinski definition) is 2. The summed E-state index contributed by atoms with van der Waals surface area (Å²) in [7, 11) is 1.42. The number of halogens is 1. The molecule has 22 heavy (non-hydrogen) atoms. The number of alkyl halides is 1. The number of esters is 1. The molecule has 2 nitrogen and oxygen atoms in total. The number of methoxy groups -OCH3 is 1. The Bertz CT molecular complexity index is 602. The Hall–Kier alpha value is -1.80. The number of carbonyl (C=O) groups is 1. The highest BCUT2D eigenvalue weighted by Crippen LogP contribution is 2.29. The summed E-state index contributed by atoms with van der Waals surface area (Å²) < 4.78 is 4.64. The Balaban J connectivity index is 1.96. The predicted octanol–water partition coefficient (Wildman–Crippen LogP) is 4.82. The van der Waals surface area contributed by atoms with Crippen LogP contribution in [0.5, 0.6) is 0 Å². The molecule has 3 heteroatoms. The Morgan fingerprint density at radius 2 is 1.59 bits per heavy atom. The van der Waals surface area contributed by atoms with Gasteiger partial charge in [0.1, 0.15) is 0 Å². The lowest BCUT2D eigenvalue weighted by Gasteiger charge is -2.11. The van der Waals surface area contributed by atoms with E-state index in [4.69, 9.17) is 11.6 Å². The van der Waals surface area contributed by atoms with Crippen LogP contribution in [0.3, 0.4) is 0 Å². The maximum atomic E-state index is 11.1. The van der Waals surface area contributed by atoms with Crippen LogP contribution in [-0.2, 0) is 16.0 Å². The van der Waals surface area contributed by atoms with Crippen LogP contribution in [0.15, 0.2) is 48.5 Å². The second-order valence-electron chi connectivity index (χ2n) is 5.44. The van der Waals surface area contributed by atoms with E-state index in [0.29, 0.717) is 6.42 Å². The first-order valence-electron chi connectivity index (χ1n) is 7.46. The standard InChI is InChI=1S/C19H21ClO2/c1-14-6-10-16(11-7-14)19(20)17-12-8-15(9-13-17)4-3-5-18(21)22-2/h6-13,19H,3-5H2,1-2H3. The Kier molecular flexibility index (Phi) is 6.02. The number of rotatable bonds is 6. The minimum atomic E-state index is -0.156. The number of ether oxygens (including phenoxy) is 1. The molecule has 1 atom stereocenters. The molecule has 1 unspecified atom stereocenters. The zero-order valence-electron chi connectivity index (χ0n) is 13.0. The van der Waals surface area contributed by atoms with Gasteiger partial charge in [-0.3, -0.25) is 4.79 Å². The fraction of sp³-hybridized carbons (Fsp3) is 0.316. The normalized spacial score (nSPS) is 12.0. The smallest absolute Gasteiger partial charge is 0.305 e. The van der Waals surface area contributed by atoms with Gasteiger partial charge in [-0.1, -0.05) is 54.1 Å². The van der Waals surface area contributed by atoms with Crippen molar-refractivity contribution in [3.8, 4) is 0 Å². The van der Waals surface area contributed by atoms with Crippen molar-refractivity contribution < 1.29 is 9.53 Å². The minimum Gasteiger partial charge on any atom is -0.469 e. The van der Waals surface area contributed by atoms with Gasteiger partial charge >= 0.3 is 5.97 Å². The number of carbonyl (C=O) groups excluding carboxylic acids is 1. The lowest BCUT2D eigenvalue weighted by atomic mass is 10.0. The van der Waals surface area contributed by atoms with E-state index in [2.05, 4.69) is 60.2 Å². The van der Waals surface area contributed by atoms with Gasteiger partial charge in [0.25, 0.3) is 0 Å². The molecule has 0 aliphatic heterocycles. The molecule has 0 saturated carbocycles. The van der Waals surface area contributed by atoms with Crippen LogP contribution in [0.1, 0.15) is 40.5 Å². The zero-order valence-corrected chi connectivity index (χ0v) is 13.8. The van der Waals surface area contributed by atoms with Gasteiger partial charge in [0.2, 0.25) is 0 Å². The highest BCUT2D eigenvalue weighted by atomic mass is 35.5. The van der Waals surface area contributed by atoms with Gasteiger partial charge in [0, 0.05) is 6.42 Å². The quantitative estimate of drug-likeness (QED) is 0.564. The van der Waals surface area contributed by atoms with Crippen LogP contribution >= 0.6 is 11.6 Å². The van der Waals surface area contributed by atoms with Crippen molar-refractivity contribution in [1.29, 1.82) is 0 Å². The van der Waals surface area contributed by atoms with Crippen molar-refractivity contribution in [3.63, 3.8) is 0 Å². The first-order valence-corrected chi connectivity index (χ1v) is 7.90. The third-order valence-electron chi connectivity index (χ3n) is 3.72. The van der Waals surface area contributed by atoms with Crippen LogP contribution in [0.2, 0.25) is 0 Å². The molecule has 0 aliphatic carbocycles. The molecule has 0 bridgehead atoms. The van der Waals surface area contributed by atoms with Gasteiger partial charge in [0.05, 0.1) is 12.5 Å². The lowest BCUT2D eigenvalue weighted by Crippen LogP contribution is -2.00. The maximum absolute atomic E-state index is 11.1. The molecular formula is C19H21ClO2. The third kappa shape index (κ3) is 4.60. The van der Waals surface area contributed by atoms with Crippen molar-refractivity contribution in [2.75, 3.05) is 7.11 Å². The van der Waals surface area contributed by atoms with E-state index in [9.17, 15) is 4.79 Å². The fourth-order valence-electron chi connectivity index (χ4n) is 2.32. The first-order chi connectivity index (χ1) is 10.6. The largest absolute Gasteiger partial charge is 0.469 e. The summed E-state index contributed by atoms with van der Waals surface area (Å²) >= 11 is 6.54. The molecule has 0 aliphatic rings. The highest BCUT2D eigenvalue weighted by molar-refractivity contribution is 6.22. The lowest BCUT2D eigenvalue weighted by molar-refractivity contribution is -0.140. The molecule has 2 aromatic rings. The van der Waals surface area contributed by atoms with Crippen molar-refractivity contribution in [2.45, 2.75) is 31.6 Å². The Morgan fingerprint density at radius 1 is 1.05 bits per heavy atom. The third-order valence-corrected chi connectivity index (χ3v) is 4.22. The average molecular weight is 317 g/mol. The van der Waals surface area contributed by atoms with E-state index in [1.54, 1.807) is 0 Å². The van der Waals surface area contributed by atoms with Crippen LogP contribution in [0, 0.1) is 6.92 Å². The van der Waals surface area contributed by atoms with E-state index in [1.165, 1.54) is 18.2 Å². The summed E-state index contributed by atoms with van der Waals surface area (Å²) in [5, 5.41) is -0.135. The molecule has 2 aromatic carbocycles. The number of hydrogen-bond donors (Lipinski definition) is 0. The van der Waals surface area contributed by atoms with E-state index < -0.39 is 0 Å². The molecular weight excluding hydrogens is 296 g/mol. The molecule has 0 radical (unpaired) electrons.